The van der Waals surface area contributed by atoms with E-state index in [2.05, 4.69) is 12.2 Å². The molecule has 11 heavy (non-hydrogen) atoms. The van der Waals surface area contributed by atoms with Crippen LogP contribution in [0.25, 0.3) is 0 Å². The fourth-order valence-corrected chi connectivity index (χ4v) is 1.86. The van der Waals surface area contributed by atoms with Gasteiger partial charge in [0.15, 0.2) is 0 Å². The molecule has 64 valence electrons. The minimum absolute atomic E-state index is 0.117. The Morgan fingerprint density at radius 3 is 2.73 bits per heavy atom. The molecule has 1 N–H and O–H groups in total. The Bertz CT molecular complexity index is 144. The van der Waals surface area contributed by atoms with E-state index in [-0.39, 0.29) is 5.91 Å². The Kier molecular flexibility index (Phi) is 2.92. The molecule has 1 aliphatic rings. The van der Waals surface area contributed by atoms with Crippen LogP contribution in [0.3, 0.4) is 0 Å². The average molecular weight is 155 g/mol. The highest BCUT2D eigenvalue weighted by Crippen LogP contribution is 2.27. The maximum absolute atomic E-state index is 10.7. The van der Waals surface area contributed by atoms with Crippen molar-refractivity contribution in [2.24, 2.45) is 5.92 Å². The molecule has 0 bridgehead atoms. The summed E-state index contributed by atoms with van der Waals surface area (Å²) >= 11 is 0. The van der Waals surface area contributed by atoms with E-state index < -0.39 is 0 Å². The SMILES string of the molecule is CCC1CCC(NC(C)=O)C1. The molecular formula is C9H17NO. The first kappa shape index (κ1) is 8.57. The lowest BCUT2D eigenvalue weighted by Crippen LogP contribution is -2.30. The van der Waals surface area contributed by atoms with Gasteiger partial charge in [-0.3, -0.25) is 4.79 Å². The highest BCUT2D eigenvalue weighted by molar-refractivity contribution is 5.73. The molecule has 0 heterocycles. The summed E-state index contributed by atoms with van der Waals surface area (Å²) in [5.74, 6) is 0.971. The summed E-state index contributed by atoms with van der Waals surface area (Å²) < 4.78 is 0. The van der Waals surface area contributed by atoms with Gasteiger partial charge in [-0.1, -0.05) is 13.3 Å². The number of rotatable bonds is 2. The van der Waals surface area contributed by atoms with Crippen LogP contribution in [0.15, 0.2) is 0 Å². The second-order valence-electron chi connectivity index (χ2n) is 3.48. The van der Waals surface area contributed by atoms with E-state index in [0.29, 0.717) is 6.04 Å². The summed E-state index contributed by atoms with van der Waals surface area (Å²) in [5.41, 5.74) is 0. The zero-order chi connectivity index (χ0) is 8.27. The second kappa shape index (κ2) is 3.74. The molecule has 1 fully saturated rings. The molecule has 0 saturated heterocycles. The van der Waals surface area contributed by atoms with Crippen LogP contribution in [-0.2, 0) is 4.79 Å². The largest absolute Gasteiger partial charge is 0.354 e. The summed E-state index contributed by atoms with van der Waals surface area (Å²) in [7, 11) is 0. The molecule has 1 aliphatic carbocycles. The van der Waals surface area contributed by atoms with E-state index in [1.54, 1.807) is 6.92 Å². The third-order valence-corrected chi connectivity index (χ3v) is 2.53. The third-order valence-electron chi connectivity index (χ3n) is 2.53. The molecule has 2 heteroatoms. The van der Waals surface area contributed by atoms with Gasteiger partial charge in [-0.25, -0.2) is 0 Å². The van der Waals surface area contributed by atoms with Crippen LogP contribution in [-0.4, -0.2) is 11.9 Å². The predicted octanol–water partition coefficient (Wildman–Crippen LogP) is 1.70. The molecule has 1 amide bonds. The maximum Gasteiger partial charge on any atom is 0.217 e. The number of carbonyl (C=O) groups excluding carboxylic acids is 1. The number of amides is 1. The van der Waals surface area contributed by atoms with Crippen molar-refractivity contribution in [1.82, 2.24) is 5.32 Å². The molecule has 0 aromatic carbocycles. The number of carbonyl (C=O) groups is 1. The van der Waals surface area contributed by atoms with E-state index in [0.717, 1.165) is 5.92 Å². The summed E-state index contributed by atoms with van der Waals surface area (Å²) in [5, 5.41) is 2.97. The van der Waals surface area contributed by atoms with Gasteiger partial charge in [-0.2, -0.15) is 0 Å². The van der Waals surface area contributed by atoms with Gasteiger partial charge in [0.25, 0.3) is 0 Å². The predicted molar refractivity (Wildman–Crippen MR) is 45.2 cm³/mol. The molecule has 2 nitrogen and oxygen atoms in total. The minimum Gasteiger partial charge on any atom is -0.354 e. The van der Waals surface area contributed by atoms with Crippen LogP contribution in [0.5, 0.6) is 0 Å². The van der Waals surface area contributed by atoms with Crippen LogP contribution in [0.2, 0.25) is 0 Å². The lowest BCUT2D eigenvalue weighted by Gasteiger charge is -2.10. The highest BCUT2D eigenvalue weighted by atomic mass is 16.1. The van der Waals surface area contributed by atoms with Crippen LogP contribution >= 0.6 is 0 Å². The summed E-state index contributed by atoms with van der Waals surface area (Å²) in [6, 6.07) is 0.470. The Hall–Kier alpha value is -0.530. The fraction of sp³-hybridized carbons (Fsp3) is 0.889. The molecular weight excluding hydrogens is 138 g/mol. The Morgan fingerprint density at radius 2 is 2.27 bits per heavy atom. The van der Waals surface area contributed by atoms with Crippen molar-refractivity contribution in [3.63, 3.8) is 0 Å². The van der Waals surface area contributed by atoms with Crippen molar-refractivity contribution in [3.05, 3.63) is 0 Å². The smallest absolute Gasteiger partial charge is 0.217 e. The van der Waals surface area contributed by atoms with Crippen molar-refractivity contribution >= 4 is 5.91 Å². The topological polar surface area (TPSA) is 29.1 Å². The van der Waals surface area contributed by atoms with E-state index in [9.17, 15) is 4.79 Å². The lowest BCUT2D eigenvalue weighted by atomic mass is 10.1. The number of nitrogens with one attached hydrogen (secondary N) is 1. The van der Waals surface area contributed by atoms with Gasteiger partial charge in [-0.05, 0) is 25.2 Å². The maximum atomic E-state index is 10.7. The van der Waals surface area contributed by atoms with Gasteiger partial charge < -0.3 is 5.32 Å². The Labute approximate surface area is 68.4 Å². The van der Waals surface area contributed by atoms with Crippen molar-refractivity contribution in [2.75, 3.05) is 0 Å². The van der Waals surface area contributed by atoms with Crippen LogP contribution in [0.1, 0.15) is 39.5 Å². The second-order valence-corrected chi connectivity index (χ2v) is 3.48. The molecule has 1 rings (SSSR count). The van der Waals surface area contributed by atoms with E-state index >= 15 is 0 Å². The van der Waals surface area contributed by atoms with Crippen molar-refractivity contribution in [3.8, 4) is 0 Å². The van der Waals surface area contributed by atoms with Gasteiger partial charge >= 0.3 is 0 Å². The Morgan fingerprint density at radius 1 is 1.55 bits per heavy atom. The molecule has 1 saturated carbocycles. The minimum atomic E-state index is 0.117. The monoisotopic (exact) mass is 155 g/mol. The summed E-state index contributed by atoms with van der Waals surface area (Å²) in [4.78, 5) is 10.7. The van der Waals surface area contributed by atoms with Gasteiger partial charge in [0.05, 0.1) is 0 Å². The highest BCUT2D eigenvalue weighted by Gasteiger charge is 2.23. The zero-order valence-electron chi connectivity index (χ0n) is 7.39. The first-order chi connectivity index (χ1) is 5.22. The van der Waals surface area contributed by atoms with E-state index in [1.165, 1.54) is 25.7 Å². The van der Waals surface area contributed by atoms with Gasteiger partial charge in [0, 0.05) is 13.0 Å². The van der Waals surface area contributed by atoms with E-state index in [4.69, 9.17) is 0 Å². The molecule has 0 aromatic heterocycles. The first-order valence-corrected chi connectivity index (χ1v) is 4.49. The van der Waals surface area contributed by atoms with Gasteiger partial charge in [-0.15, -0.1) is 0 Å². The van der Waals surface area contributed by atoms with Crippen LogP contribution in [0.4, 0.5) is 0 Å². The normalized spacial score (nSPS) is 30.4. The number of hydrogen-bond acceptors (Lipinski definition) is 1. The van der Waals surface area contributed by atoms with Crippen LogP contribution in [0, 0.1) is 5.92 Å². The summed E-state index contributed by atoms with van der Waals surface area (Å²) in [6.45, 7) is 3.82. The summed E-state index contributed by atoms with van der Waals surface area (Å²) in [6.07, 6.45) is 4.92. The quantitative estimate of drug-likeness (QED) is 0.646. The molecule has 2 unspecified atom stereocenters. The molecule has 0 aromatic rings. The molecule has 2 atom stereocenters. The standard InChI is InChI=1S/C9H17NO/c1-3-8-4-5-9(6-8)10-7(2)11/h8-9H,3-6H2,1-2H3,(H,10,11). The van der Waals surface area contributed by atoms with Crippen molar-refractivity contribution in [1.29, 1.82) is 0 Å². The zero-order valence-corrected chi connectivity index (χ0v) is 7.39. The lowest BCUT2D eigenvalue weighted by molar-refractivity contribution is -0.119. The van der Waals surface area contributed by atoms with Crippen LogP contribution < -0.4 is 5.32 Å². The number of hydrogen-bond donors (Lipinski definition) is 1. The fourth-order valence-electron chi connectivity index (χ4n) is 1.86. The molecule has 0 aliphatic heterocycles. The van der Waals surface area contributed by atoms with E-state index in [1.807, 2.05) is 0 Å². The van der Waals surface area contributed by atoms with Crippen molar-refractivity contribution < 1.29 is 4.79 Å². The Balaban J connectivity index is 2.24. The van der Waals surface area contributed by atoms with Gasteiger partial charge in [0.1, 0.15) is 0 Å². The van der Waals surface area contributed by atoms with Crippen molar-refractivity contribution in [2.45, 2.75) is 45.6 Å². The average Bonchev–Trinajstić information content (AvgIpc) is 2.34. The molecule has 0 spiro atoms. The van der Waals surface area contributed by atoms with Gasteiger partial charge in [0.2, 0.25) is 5.91 Å². The molecule has 0 radical (unpaired) electrons. The third kappa shape index (κ3) is 2.52. The first-order valence-electron chi connectivity index (χ1n) is 4.49.